The minimum absolute atomic E-state index is 0. The van der Waals surface area contributed by atoms with E-state index in [-0.39, 0.29) is 38.4 Å². The summed E-state index contributed by atoms with van der Waals surface area (Å²) in [6.45, 7) is 0. The molecular formula is C14H26Cl4N2NiO10+4. The van der Waals surface area contributed by atoms with Gasteiger partial charge in [-0.2, -0.15) is 0 Å². The predicted octanol–water partition coefficient (Wildman–Crippen LogP) is -3.25. The summed E-state index contributed by atoms with van der Waals surface area (Å²) < 4.78 is 0. The standard InChI is InChI=1S/C8H2Cl4O4.2C3H7NO.Ni.4H2O/c9-3-1(7(13)14)4(10)6(12)2(5(3)11)8(15)16;2*1-4(2)3-5;;;;;/h(H,13,14)(H,15,16);2*3H,1-2H3;;4*1H2/q;;;+2;;;;/p+2. The number of amides is 2. The third-order valence-electron chi connectivity index (χ3n) is 2.09. The molecule has 0 atom stereocenters. The molecule has 0 bridgehead atoms. The summed E-state index contributed by atoms with van der Waals surface area (Å²) in [4.78, 5) is 43.1. The van der Waals surface area contributed by atoms with E-state index in [2.05, 4.69) is 0 Å². The van der Waals surface area contributed by atoms with Crippen LogP contribution in [0.25, 0.3) is 0 Å². The van der Waals surface area contributed by atoms with E-state index < -0.39 is 43.2 Å². The molecule has 0 aliphatic rings. The molecule has 1 rings (SSSR count). The summed E-state index contributed by atoms with van der Waals surface area (Å²) in [6.07, 6.45) is 1.50. The number of aromatic carboxylic acids is 2. The molecule has 0 saturated heterocycles. The van der Waals surface area contributed by atoms with Crippen molar-refractivity contribution in [3.63, 3.8) is 0 Å². The monoisotopic (exact) mass is 580 g/mol. The molecule has 0 spiro atoms. The van der Waals surface area contributed by atoms with E-state index >= 15 is 0 Å². The summed E-state index contributed by atoms with van der Waals surface area (Å²) in [5, 5.41) is 19.1. The van der Waals surface area contributed by atoms with Gasteiger partial charge in [-0.1, -0.05) is 46.4 Å². The van der Waals surface area contributed by atoms with Crippen LogP contribution in [0.4, 0.5) is 0 Å². The second kappa shape index (κ2) is 23.3. The summed E-state index contributed by atoms with van der Waals surface area (Å²) in [7, 11) is 6.75. The van der Waals surface area contributed by atoms with Gasteiger partial charge in [0.1, 0.15) is 0 Å². The molecule has 1 aromatic rings. The first-order chi connectivity index (χ1) is 11.8. The van der Waals surface area contributed by atoms with Crippen LogP contribution < -0.4 is 10.2 Å². The Hall–Kier alpha value is -1.41. The van der Waals surface area contributed by atoms with Gasteiger partial charge in [-0.05, 0) is 0 Å². The number of benzene rings is 1. The van der Waals surface area contributed by atoms with Gasteiger partial charge < -0.3 is 51.5 Å². The second-order valence-electron chi connectivity index (χ2n) is 4.72. The molecule has 12 N–H and O–H groups in total. The van der Waals surface area contributed by atoms with Crippen LogP contribution in [0, 0.1) is 0 Å². The van der Waals surface area contributed by atoms with E-state index in [4.69, 9.17) is 46.4 Å². The molecule has 0 radical (unpaired) electrons. The second-order valence-corrected chi connectivity index (χ2v) is 6.23. The van der Waals surface area contributed by atoms with Gasteiger partial charge in [0.25, 0.3) is 0 Å². The quantitative estimate of drug-likeness (QED) is 0.152. The first kappa shape index (κ1) is 47.4. The zero-order valence-corrected chi connectivity index (χ0v) is 20.6. The summed E-state index contributed by atoms with van der Waals surface area (Å²) in [6, 6.07) is 0. The number of rotatable bonds is 4. The van der Waals surface area contributed by atoms with Crippen molar-refractivity contribution in [3.05, 3.63) is 31.2 Å². The number of carbonyl (C=O) groups excluding carboxylic acids is 4. The van der Waals surface area contributed by atoms with Crippen molar-refractivity contribution in [2.24, 2.45) is 0 Å². The molecule has 0 aliphatic carbocycles. The van der Waals surface area contributed by atoms with Gasteiger partial charge in [0, 0.05) is 39.3 Å². The van der Waals surface area contributed by atoms with Crippen molar-refractivity contribution in [2.75, 3.05) is 28.2 Å². The Kier molecular flexibility index (Phi) is 35.6. The average Bonchev–Trinajstić information content (AvgIpc) is 2.53. The van der Waals surface area contributed by atoms with Crippen molar-refractivity contribution in [1.82, 2.24) is 9.80 Å². The molecule has 186 valence electrons. The topological polar surface area (TPSA) is 253 Å². The smallest absolute Gasteiger partial charge is 0.545 e. The van der Waals surface area contributed by atoms with Crippen molar-refractivity contribution >= 4 is 71.2 Å². The van der Waals surface area contributed by atoms with E-state index in [0.717, 1.165) is 12.8 Å². The van der Waals surface area contributed by atoms with E-state index in [1.807, 2.05) is 0 Å². The van der Waals surface area contributed by atoms with Crippen LogP contribution in [0.1, 0.15) is 20.7 Å². The van der Waals surface area contributed by atoms with Gasteiger partial charge in [0.15, 0.2) is 0 Å². The number of nitrogens with zero attached hydrogens (tertiary/aromatic N) is 2. The van der Waals surface area contributed by atoms with Crippen molar-refractivity contribution in [1.29, 1.82) is 0 Å². The van der Waals surface area contributed by atoms with Gasteiger partial charge in [-0.15, -0.1) is 0 Å². The molecule has 0 saturated carbocycles. The molecule has 31 heavy (non-hydrogen) atoms. The van der Waals surface area contributed by atoms with Crippen LogP contribution in [0.3, 0.4) is 0 Å². The molecular weight excluding hydrogens is 557 g/mol. The molecule has 1 aromatic carbocycles. The summed E-state index contributed by atoms with van der Waals surface area (Å²) in [5.41, 5.74) is -1.33. The maximum atomic E-state index is 10.7. The number of halogens is 4. The third kappa shape index (κ3) is 16.9. The normalized spacial score (nSPS) is 7.48. The van der Waals surface area contributed by atoms with Gasteiger partial charge in [0.2, 0.25) is 12.8 Å². The van der Waals surface area contributed by atoms with Crippen molar-refractivity contribution < 1.29 is 67.8 Å². The van der Waals surface area contributed by atoms with Gasteiger partial charge in [0.05, 0.1) is 32.0 Å². The minimum Gasteiger partial charge on any atom is -0.545 e. The van der Waals surface area contributed by atoms with Crippen LogP contribution in [0.15, 0.2) is 0 Å². The van der Waals surface area contributed by atoms with Crippen LogP contribution in [-0.4, -0.2) is 62.7 Å². The molecule has 0 unspecified atom stereocenters. The van der Waals surface area contributed by atoms with Gasteiger partial charge >= 0.3 is 16.5 Å². The molecule has 0 heterocycles. The van der Waals surface area contributed by atoms with E-state index in [1.165, 1.54) is 9.80 Å². The van der Waals surface area contributed by atoms with Crippen molar-refractivity contribution in [3.8, 4) is 0 Å². The molecule has 12 nitrogen and oxygen atoms in total. The first-order valence-corrected chi connectivity index (χ1v) is 7.86. The largest absolute Gasteiger partial charge is 2.00 e. The van der Waals surface area contributed by atoms with Gasteiger partial charge in [-0.25, -0.2) is 0 Å². The predicted molar refractivity (Wildman–Crippen MR) is 114 cm³/mol. The molecule has 0 fully saturated rings. The number of carboxylic acids is 2. The number of hydrogen-bond acceptors (Lipinski definition) is 6. The average molecular weight is 583 g/mol. The number of hydrogen-bond donors (Lipinski definition) is 0. The Labute approximate surface area is 207 Å². The van der Waals surface area contributed by atoms with Crippen molar-refractivity contribution in [2.45, 2.75) is 0 Å². The zero-order chi connectivity index (χ0) is 21.2. The Morgan fingerprint density at radius 3 is 0.839 bits per heavy atom. The fraction of sp³-hybridized carbons (Fsp3) is 0.286. The minimum atomic E-state index is -1.72. The van der Waals surface area contributed by atoms with Crippen LogP contribution in [-0.2, 0) is 48.0 Å². The third-order valence-corrected chi connectivity index (χ3v) is 3.80. The zero-order valence-electron chi connectivity index (χ0n) is 16.6. The van der Waals surface area contributed by atoms with E-state index in [0.29, 0.717) is 0 Å². The van der Waals surface area contributed by atoms with Gasteiger partial charge in [-0.3, -0.25) is 9.59 Å². The molecule has 2 amide bonds. The van der Waals surface area contributed by atoms with E-state index in [1.54, 1.807) is 28.2 Å². The van der Waals surface area contributed by atoms with Crippen LogP contribution in [0.5, 0.6) is 0 Å². The molecule has 0 aromatic heterocycles. The van der Waals surface area contributed by atoms with Crippen LogP contribution >= 0.6 is 46.4 Å². The maximum Gasteiger partial charge on any atom is 2.00 e. The number of carboxylic acid groups (broad SMARTS) is 2. The van der Waals surface area contributed by atoms with E-state index in [9.17, 15) is 29.4 Å². The Balaban J connectivity index is -0.0000000660. The first-order valence-electron chi connectivity index (χ1n) is 6.35. The summed E-state index contributed by atoms with van der Waals surface area (Å²) in [5.74, 6) is -3.44. The summed E-state index contributed by atoms with van der Waals surface area (Å²) >= 11 is 22.1. The Morgan fingerprint density at radius 2 is 0.774 bits per heavy atom. The molecule has 0 aliphatic heterocycles. The molecule has 17 heteroatoms. The fourth-order valence-corrected chi connectivity index (χ4v) is 2.15. The number of carbonyl (C=O) groups is 4. The Bertz CT molecular complexity index is 608. The van der Waals surface area contributed by atoms with Crippen LogP contribution in [0.2, 0.25) is 20.1 Å². The maximum absolute atomic E-state index is 10.7. The Morgan fingerprint density at radius 1 is 0.645 bits per heavy atom. The fourth-order valence-electron chi connectivity index (χ4n) is 0.990. The SMILES string of the molecule is CN(C)C=O.CN(C)C=O.O=C([O-])c1c(Cl)c(Cl)c(C(=O)[O-])c(Cl)c1Cl.[Ni+2].[OH3+].[OH3+].[OH3+].[OH3+].